The van der Waals surface area contributed by atoms with Crippen LogP contribution >= 0.6 is 0 Å². The molecule has 1 aromatic heterocycles. The van der Waals surface area contributed by atoms with Gasteiger partial charge in [-0.15, -0.1) is 10.2 Å². The van der Waals surface area contributed by atoms with Crippen molar-refractivity contribution in [1.29, 1.82) is 0 Å². The van der Waals surface area contributed by atoms with Gasteiger partial charge in [-0.05, 0) is 44.0 Å². The molecule has 0 unspecified atom stereocenters. The van der Waals surface area contributed by atoms with E-state index >= 15 is 0 Å². The molecule has 28 heavy (non-hydrogen) atoms. The predicted molar refractivity (Wildman–Crippen MR) is 107 cm³/mol. The number of hydrogen-bond donors (Lipinski definition) is 3. The van der Waals surface area contributed by atoms with Crippen molar-refractivity contribution in [1.82, 2.24) is 15.5 Å². The second-order valence-corrected chi connectivity index (χ2v) is 6.63. The zero-order valence-electron chi connectivity index (χ0n) is 15.9. The lowest BCUT2D eigenvalue weighted by Gasteiger charge is -2.22. The number of ether oxygens (including phenoxy) is 1. The summed E-state index contributed by atoms with van der Waals surface area (Å²) in [6, 6.07) is 10.3. The second kappa shape index (κ2) is 9.68. The van der Waals surface area contributed by atoms with Gasteiger partial charge in [0.2, 0.25) is 0 Å². The first-order valence-electron chi connectivity index (χ1n) is 9.60. The predicted octanol–water partition coefficient (Wildman–Crippen LogP) is 3.85. The van der Waals surface area contributed by atoms with Crippen LogP contribution in [0.5, 0.6) is 0 Å². The van der Waals surface area contributed by atoms with Crippen LogP contribution in [0.4, 0.5) is 22.1 Å². The summed E-state index contributed by atoms with van der Waals surface area (Å²) >= 11 is 0. The molecule has 1 saturated carbocycles. The van der Waals surface area contributed by atoms with Crippen LogP contribution in [-0.4, -0.2) is 34.8 Å². The van der Waals surface area contributed by atoms with Crippen LogP contribution in [0, 0.1) is 0 Å². The van der Waals surface area contributed by atoms with Crippen LogP contribution in [0.1, 0.15) is 49.4 Å². The molecule has 0 saturated heterocycles. The minimum Gasteiger partial charge on any atom is -0.462 e. The van der Waals surface area contributed by atoms with E-state index in [1.807, 2.05) is 6.07 Å². The van der Waals surface area contributed by atoms with Gasteiger partial charge in [-0.1, -0.05) is 31.4 Å². The summed E-state index contributed by atoms with van der Waals surface area (Å²) in [6.07, 6.45) is 5.57. The minimum absolute atomic E-state index is 0.224. The molecule has 3 N–H and O–H groups in total. The summed E-state index contributed by atoms with van der Waals surface area (Å²) in [5.74, 6) is 0.406. The largest absolute Gasteiger partial charge is 0.462 e. The molecular weight excluding hydrogens is 358 g/mol. The van der Waals surface area contributed by atoms with Crippen molar-refractivity contribution in [2.75, 3.05) is 17.2 Å². The molecule has 8 nitrogen and oxygen atoms in total. The molecule has 1 aliphatic carbocycles. The molecule has 2 amide bonds. The Morgan fingerprint density at radius 3 is 2.46 bits per heavy atom. The highest BCUT2D eigenvalue weighted by atomic mass is 16.5. The van der Waals surface area contributed by atoms with Gasteiger partial charge in [0.15, 0.2) is 11.6 Å². The van der Waals surface area contributed by atoms with E-state index in [0.717, 1.165) is 25.7 Å². The quantitative estimate of drug-likeness (QED) is 0.654. The van der Waals surface area contributed by atoms with Gasteiger partial charge < -0.3 is 15.4 Å². The minimum atomic E-state index is -0.406. The average molecular weight is 383 g/mol. The van der Waals surface area contributed by atoms with Crippen molar-refractivity contribution in [3.05, 3.63) is 42.0 Å². The highest BCUT2D eigenvalue weighted by molar-refractivity contribution is 5.96. The lowest BCUT2D eigenvalue weighted by atomic mass is 9.96. The van der Waals surface area contributed by atoms with Gasteiger partial charge in [0.1, 0.15) is 0 Å². The maximum atomic E-state index is 12.1. The Labute approximate surface area is 164 Å². The lowest BCUT2D eigenvalue weighted by Crippen LogP contribution is -2.39. The number of rotatable bonds is 6. The summed E-state index contributed by atoms with van der Waals surface area (Å²) < 4.78 is 5.06. The first-order valence-corrected chi connectivity index (χ1v) is 9.60. The average Bonchev–Trinajstić information content (AvgIpc) is 2.71. The first-order chi connectivity index (χ1) is 13.7. The number of anilines is 3. The Hall–Kier alpha value is -3.16. The fourth-order valence-corrected chi connectivity index (χ4v) is 3.17. The molecule has 1 aromatic carbocycles. The number of carbonyl (C=O) groups is 2. The molecule has 0 bridgehead atoms. The molecular formula is C20H25N5O3. The van der Waals surface area contributed by atoms with Crippen LogP contribution in [0.15, 0.2) is 36.4 Å². The SMILES string of the molecule is CCOC(=O)c1ccccc1Nc1ccc(NC(=O)NC2CCCCC2)nn1. The fraction of sp³-hybridized carbons (Fsp3) is 0.400. The number of hydrogen-bond acceptors (Lipinski definition) is 6. The smallest absolute Gasteiger partial charge is 0.340 e. The molecule has 0 spiro atoms. The third-order valence-electron chi connectivity index (χ3n) is 4.53. The number of para-hydroxylation sites is 1. The van der Waals surface area contributed by atoms with Crippen LogP contribution < -0.4 is 16.0 Å². The van der Waals surface area contributed by atoms with E-state index in [4.69, 9.17) is 4.74 Å². The van der Waals surface area contributed by atoms with Gasteiger partial charge in [0, 0.05) is 6.04 Å². The van der Waals surface area contributed by atoms with Crippen molar-refractivity contribution < 1.29 is 14.3 Å². The number of carbonyl (C=O) groups excluding carboxylic acids is 2. The molecule has 0 radical (unpaired) electrons. The monoisotopic (exact) mass is 383 g/mol. The van der Waals surface area contributed by atoms with Crippen molar-refractivity contribution in [2.45, 2.75) is 45.1 Å². The molecule has 8 heteroatoms. The first kappa shape index (κ1) is 19.6. The number of aromatic nitrogens is 2. The number of esters is 1. The summed E-state index contributed by atoms with van der Waals surface area (Å²) in [6.45, 7) is 2.06. The van der Waals surface area contributed by atoms with E-state index in [9.17, 15) is 9.59 Å². The van der Waals surface area contributed by atoms with Crippen molar-refractivity contribution >= 4 is 29.3 Å². The Morgan fingerprint density at radius 2 is 1.75 bits per heavy atom. The van der Waals surface area contributed by atoms with Crippen LogP contribution in [0.3, 0.4) is 0 Å². The van der Waals surface area contributed by atoms with Crippen LogP contribution in [0.2, 0.25) is 0 Å². The summed E-state index contributed by atoms with van der Waals surface area (Å²) in [5.41, 5.74) is 0.992. The van der Waals surface area contributed by atoms with E-state index in [1.54, 1.807) is 37.3 Å². The number of urea groups is 1. The Bertz CT molecular complexity index is 804. The van der Waals surface area contributed by atoms with E-state index in [-0.39, 0.29) is 12.1 Å². The topological polar surface area (TPSA) is 105 Å². The van der Waals surface area contributed by atoms with Crippen molar-refractivity contribution in [2.24, 2.45) is 0 Å². The van der Waals surface area contributed by atoms with Crippen molar-refractivity contribution in [3.8, 4) is 0 Å². The third kappa shape index (κ3) is 5.42. The normalized spacial score (nSPS) is 14.2. The molecule has 0 atom stereocenters. The van der Waals surface area contributed by atoms with Gasteiger partial charge >= 0.3 is 12.0 Å². The highest BCUT2D eigenvalue weighted by Crippen LogP contribution is 2.21. The number of benzene rings is 1. The van der Waals surface area contributed by atoms with E-state index in [1.165, 1.54) is 6.42 Å². The highest BCUT2D eigenvalue weighted by Gasteiger charge is 2.16. The third-order valence-corrected chi connectivity index (χ3v) is 4.53. The van der Waals surface area contributed by atoms with E-state index in [2.05, 4.69) is 26.1 Å². The summed E-state index contributed by atoms with van der Waals surface area (Å²) in [4.78, 5) is 24.1. The molecule has 1 heterocycles. The van der Waals surface area contributed by atoms with Gasteiger partial charge in [0.05, 0.1) is 17.9 Å². The molecule has 1 fully saturated rings. The van der Waals surface area contributed by atoms with Gasteiger partial charge in [-0.2, -0.15) is 0 Å². The zero-order chi connectivity index (χ0) is 19.8. The number of amides is 2. The maximum Gasteiger partial charge on any atom is 0.340 e. The fourth-order valence-electron chi connectivity index (χ4n) is 3.17. The van der Waals surface area contributed by atoms with E-state index < -0.39 is 5.97 Å². The molecule has 2 aromatic rings. The zero-order valence-corrected chi connectivity index (χ0v) is 15.9. The summed E-state index contributed by atoms with van der Waals surface area (Å²) in [5, 5.41) is 16.8. The number of nitrogens with zero attached hydrogens (tertiary/aromatic N) is 2. The standard InChI is InChI=1S/C20H25N5O3/c1-2-28-19(26)15-10-6-7-11-16(15)22-17-12-13-18(25-24-17)23-20(27)21-14-8-4-3-5-9-14/h6-7,10-14H,2-5,8-9H2,1H3,(H,22,24)(H2,21,23,25,27). The second-order valence-electron chi connectivity index (χ2n) is 6.63. The molecule has 148 valence electrons. The van der Waals surface area contributed by atoms with Gasteiger partial charge in [-0.25, -0.2) is 9.59 Å². The van der Waals surface area contributed by atoms with E-state index in [0.29, 0.717) is 29.5 Å². The maximum absolute atomic E-state index is 12.1. The molecule has 0 aliphatic heterocycles. The number of nitrogens with one attached hydrogen (secondary N) is 3. The van der Waals surface area contributed by atoms with Gasteiger partial charge in [0.25, 0.3) is 0 Å². The van der Waals surface area contributed by atoms with Crippen LogP contribution in [-0.2, 0) is 4.74 Å². The van der Waals surface area contributed by atoms with Gasteiger partial charge in [-0.3, -0.25) is 5.32 Å². The Morgan fingerprint density at radius 1 is 1.04 bits per heavy atom. The Balaban J connectivity index is 1.59. The van der Waals surface area contributed by atoms with Crippen molar-refractivity contribution in [3.63, 3.8) is 0 Å². The van der Waals surface area contributed by atoms with Crippen LogP contribution in [0.25, 0.3) is 0 Å². The lowest BCUT2D eigenvalue weighted by molar-refractivity contribution is 0.0527. The molecule has 3 rings (SSSR count). The summed E-state index contributed by atoms with van der Waals surface area (Å²) in [7, 11) is 0. The molecule has 1 aliphatic rings. The Kier molecular flexibility index (Phi) is 6.78.